The predicted octanol–water partition coefficient (Wildman–Crippen LogP) is 4.56. The van der Waals surface area contributed by atoms with Gasteiger partial charge in [-0.3, -0.25) is 4.90 Å². The summed E-state index contributed by atoms with van der Waals surface area (Å²) in [6, 6.07) is 14.7. The van der Waals surface area contributed by atoms with Crippen molar-refractivity contribution in [3.63, 3.8) is 0 Å². The van der Waals surface area contributed by atoms with Crippen LogP contribution in [-0.4, -0.2) is 43.9 Å². The summed E-state index contributed by atoms with van der Waals surface area (Å²) in [6.45, 7) is 4.49. The van der Waals surface area contributed by atoms with Gasteiger partial charge in [0.05, 0.1) is 25.9 Å². The summed E-state index contributed by atoms with van der Waals surface area (Å²) in [7, 11) is 0. The van der Waals surface area contributed by atoms with Gasteiger partial charge in [-0.05, 0) is 29.8 Å². The number of rotatable bonds is 4. The van der Waals surface area contributed by atoms with Gasteiger partial charge in [0.15, 0.2) is 0 Å². The van der Waals surface area contributed by atoms with Gasteiger partial charge in [-0.2, -0.15) is 0 Å². The zero-order valence-corrected chi connectivity index (χ0v) is 17.5. The first-order valence-electron chi connectivity index (χ1n) is 8.81. The summed E-state index contributed by atoms with van der Waals surface area (Å²) in [4.78, 5) is 2.46. The lowest BCUT2D eigenvalue weighted by atomic mass is 9.96. The van der Waals surface area contributed by atoms with Crippen molar-refractivity contribution in [2.75, 3.05) is 32.9 Å². The number of fused-ring (bicyclic) bond motifs is 1. The normalized spacial score (nSPS) is 23.3. The van der Waals surface area contributed by atoms with Gasteiger partial charge in [0.2, 0.25) is 0 Å². The van der Waals surface area contributed by atoms with Crippen molar-refractivity contribution in [1.29, 1.82) is 0 Å². The zero-order chi connectivity index (χ0) is 17.9. The summed E-state index contributed by atoms with van der Waals surface area (Å²) >= 11 is 7.08. The van der Waals surface area contributed by atoms with E-state index in [2.05, 4.69) is 61.0 Å². The Hall–Kier alpha value is -0.920. The second-order valence-electron chi connectivity index (χ2n) is 6.57. The summed E-state index contributed by atoms with van der Waals surface area (Å²) in [5.41, 5.74) is 2.34. The molecule has 6 heteroatoms. The van der Waals surface area contributed by atoms with Gasteiger partial charge in [-0.1, -0.05) is 50.1 Å². The third-order valence-corrected chi connectivity index (χ3v) is 5.73. The Bertz CT molecular complexity index is 744. The van der Waals surface area contributed by atoms with Crippen molar-refractivity contribution in [3.05, 3.63) is 62.5 Å². The van der Waals surface area contributed by atoms with Crippen LogP contribution in [-0.2, 0) is 16.1 Å². The summed E-state index contributed by atoms with van der Waals surface area (Å²) in [5.74, 6) is 0.967. The first-order chi connectivity index (χ1) is 12.7. The van der Waals surface area contributed by atoms with Crippen LogP contribution in [0.3, 0.4) is 0 Å². The molecule has 138 valence electrons. The van der Waals surface area contributed by atoms with E-state index in [1.807, 2.05) is 18.2 Å². The Labute approximate surface area is 170 Å². The first kappa shape index (κ1) is 18.4. The summed E-state index contributed by atoms with van der Waals surface area (Å²) in [6.07, 6.45) is -0.0132. The molecule has 1 saturated heterocycles. The van der Waals surface area contributed by atoms with E-state index < -0.39 is 0 Å². The van der Waals surface area contributed by atoms with E-state index in [-0.39, 0.29) is 12.1 Å². The molecular formula is C20H21Br2NO3. The molecule has 0 saturated carbocycles. The lowest BCUT2D eigenvalue weighted by molar-refractivity contribution is -0.0812. The van der Waals surface area contributed by atoms with Crippen molar-refractivity contribution in [1.82, 2.24) is 4.90 Å². The maximum atomic E-state index is 6.35. The second kappa shape index (κ2) is 8.40. The predicted molar refractivity (Wildman–Crippen MR) is 107 cm³/mol. The van der Waals surface area contributed by atoms with Gasteiger partial charge in [-0.15, -0.1) is 0 Å². The van der Waals surface area contributed by atoms with Gasteiger partial charge in [0.1, 0.15) is 18.5 Å². The van der Waals surface area contributed by atoms with Crippen LogP contribution in [0.1, 0.15) is 17.2 Å². The monoisotopic (exact) mass is 481 g/mol. The summed E-state index contributed by atoms with van der Waals surface area (Å²) < 4.78 is 20.0. The van der Waals surface area contributed by atoms with E-state index in [1.54, 1.807) is 0 Å². The Balaban J connectivity index is 1.55. The van der Waals surface area contributed by atoms with Crippen LogP contribution in [0.2, 0.25) is 0 Å². The van der Waals surface area contributed by atoms with Gasteiger partial charge in [0, 0.05) is 27.6 Å². The number of ether oxygens (including phenoxy) is 3. The molecule has 0 amide bonds. The lowest BCUT2D eigenvalue weighted by Gasteiger charge is -2.42. The van der Waals surface area contributed by atoms with Crippen LogP contribution >= 0.6 is 31.9 Å². The van der Waals surface area contributed by atoms with Crippen LogP contribution < -0.4 is 4.74 Å². The van der Waals surface area contributed by atoms with E-state index in [0.717, 1.165) is 46.6 Å². The van der Waals surface area contributed by atoms with Crippen LogP contribution in [0.15, 0.2) is 51.4 Å². The number of benzene rings is 2. The number of para-hydroxylation sites is 1. The van der Waals surface area contributed by atoms with E-state index >= 15 is 0 Å². The highest BCUT2D eigenvalue weighted by Crippen LogP contribution is 2.38. The topological polar surface area (TPSA) is 30.9 Å². The highest BCUT2D eigenvalue weighted by Gasteiger charge is 2.36. The fourth-order valence-electron chi connectivity index (χ4n) is 3.64. The maximum Gasteiger partial charge on any atom is 0.124 e. The van der Waals surface area contributed by atoms with E-state index in [1.165, 1.54) is 5.56 Å². The van der Waals surface area contributed by atoms with Crippen LogP contribution in [0, 0.1) is 0 Å². The molecule has 2 heterocycles. The Morgan fingerprint density at radius 1 is 1.04 bits per heavy atom. The molecule has 0 spiro atoms. The fraction of sp³-hybridized carbons (Fsp3) is 0.400. The molecule has 4 rings (SSSR count). The second-order valence-corrected chi connectivity index (χ2v) is 8.40. The largest absolute Gasteiger partial charge is 0.490 e. The molecule has 4 nitrogen and oxygen atoms in total. The van der Waals surface area contributed by atoms with Crippen LogP contribution in [0.25, 0.3) is 0 Å². The lowest BCUT2D eigenvalue weighted by Crippen LogP contribution is -2.47. The van der Waals surface area contributed by atoms with Crippen LogP contribution in [0.4, 0.5) is 0 Å². The molecule has 2 atom stereocenters. The average molecular weight is 483 g/mol. The summed E-state index contributed by atoms with van der Waals surface area (Å²) in [5, 5.41) is 0. The average Bonchev–Trinajstić information content (AvgIpc) is 2.66. The van der Waals surface area contributed by atoms with Gasteiger partial charge in [-0.25, -0.2) is 0 Å². The molecule has 0 aromatic heterocycles. The first-order valence-corrected chi connectivity index (χ1v) is 10.4. The van der Waals surface area contributed by atoms with Crippen LogP contribution in [0.5, 0.6) is 5.75 Å². The van der Waals surface area contributed by atoms with Crippen molar-refractivity contribution < 1.29 is 14.2 Å². The van der Waals surface area contributed by atoms with Gasteiger partial charge >= 0.3 is 0 Å². The Kier molecular flexibility index (Phi) is 5.96. The molecule has 2 aromatic carbocycles. The molecule has 0 aliphatic carbocycles. The molecule has 1 fully saturated rings. The van der Waals surface area contributed by atoms with Gasteiger partial charge in [0.25, 0.3) is 0 Å². The number of nitrogens with zero attached hydrogens (tertiary/aromatic N) is 1. The standard InChI is InChI=1S/C20H21Br2NO3/c21-15-9-14(10-16(22)11-15)12-25-19-13-26-18-4-2-1-3-17(18)20(19)23-5-7-24-8-6-23/h1-4,9-11,19-20H,5-8,12-13H2/t19-,20-/m0/s1. The van der Waals surface area contributed by atoms with E-state index in [9.17, 15) is 0 Å². The Morgan fingerprint density at radius 2 is 1.77 bits per heavy atom. The van der Waals surface area contributed by atoms with Crippen molar-refractivity contribution in [2.45, 2.75) is 18.8 Å². The molecule has 0 bridgehead atoms. The minimum Gasteiger partial charge on any atom is -0.490 e. The number of hydrogen-bond acceptors (Lipinski definition) is 4. The number of hydrogen-bond donors (Lipinski definition) is 0. The molecule has 26 heavy (non-hydrogen) atoms. The molecule has 0 N–H and O–H groups in total. The molecular weight excluding hydrogens is 462 g/mol. The Morgan fingerprint density at radius 3 is 2.54 bits per heavy atom. The molecule has 2 aliphatic rings. The third-order valence-electron chi connectivity index (χ3n) is 4.82. The SMILES string of the molecule is Brc1cc(Br)cc(CO[C@H]2COc3ccccc3[C@@H]2N2CCOCC2)c1. The number of halogens is 2. The highest BCUT2D eigenvalue weighted by atomic mass is 79.9. The van der Waals surface area contributed by atoms with E-state index in [4.69, 9.17) is 14.2 Å². The fourth-order valence-corrected chi connectivity index (χ4v) is 5.03. The third kappa shape index (κ3) is 4.15. The molecule has 0 unspecified atom stereocenters. The number of morpholine rings is 1. The highest BCUT2D eigenvalue weighted by molar-refractivity contribution is 9.11. The van der Waals surface area contributed by atoms with Crippen molar-refractivity contribution in [3.8, 4) is 5.75 Å². The maximum absolute atomic E-state index is 6.35. The molecule has 2 aromatic rings. The molecule has 0 radical (unpaired) electrons. The minimum atomic E-state index is -0.0132. The quantitative estimate of drug-likeness (QED) is 0.639. The van der Waals surface area contributed by atoms with Gasteiger partial charge < -0.3 is 14.2 Å². The van der Waals surface area contributed by atoms with Crippen molar-refractivity contribution in [2.24, 2.45) is 0 Å². The van der Waals surface area contributed by atoms with Crippen molar-refractivity contribution >= 4 is 31.9 Å². The molecule has 2 aliphatic heterocycles. The zero-order valence-electron chi connectivity index (χ0n) is 14.4. The minimum absolute atomic E-state index is 0.0132. The van der Waals surface area contributed by atoms with E-state index in [0.29, 0.717) is 13.2 Å². The smallest absolute Gasteiger partial charge is 0.124 e.